The number of ether oxygens (including phenoxy) is 1. The van der Waals surface area contributed by atoms with Gasteiger partial charge in [0.15, 0.2) is 0 Å². The third-order valence-corrected chi connectivity index (χ3v) is 3.18. The standard InChI is InChI=1S/C15H22N4O2/c1-5-21-15(20)14-12(4)6-7-18(14)9-13-16-10-17-19(13)8-11(2)3/h6-7,10-11H,5,8-9H2,1-4H3. The van der Waals surface area contributed by atoms with E-state index in [0.717, 1.165) is 17.9 Å². The van der Waals surface area contributed by atoms with Crippen LogP contribution in [0.4, 0.5) is 0 Å². The number of hydrogen-bond donors (Lipinski definition) is 0. The average molecular weight is 290 g/mol. The van der Waals surface area contributed by atoms with E-state index in [1.54, 1.807) is 13.3 Å². The Balaban J connectivity index is 2.24. The molecule has 6 heteroatoms. The quantitative estimate of drug-likeness (QED) is 0.766. The first-order valence-corrected chi connectivity index (χ1v) is 7.22. The Labute approximate surface area is 124 Å². The van der Waals surface area contributed by atoms with E-state index in [9.17, 15) is 4.79 Å². The zero-order valence-corrected chi connectivity index (χ0v) is 13.0. The van der Waals surface area contributed by atoms with Gasteiger partial charge in [-0.3, -0.25) is 0 Å². The molecule has 114 valence electrons. The number of esters is 1. The molecule has 0 spiro atoms. The topological polar surface area (TPSA) is 61.9 Å². The molecule has 2 heterocycles. The molecule has 0 radical (unpaired) electrons. The molecular formula is C15H22N4O2. The van der Waals surface area contributed by atoms with Crippen molar-refractivity contribution in [2.75, 3.05) is 6.61 Å². The number of carbonyl (C=O) groups is 1. The molecule has 0 aliphatic rings. The zero-order valence-electron chi connectivity index (χ0n) is 13.0. The molecule has 0 saturated carbocycles. The molecule has 0 bridgehead atoms. The smallest absolute Gasteiger partial charge is 0.355 e. The zero-order chi connectivity index (χ0) is 15.4. The molecule has 0 atom stereocenters. The van der Waals surface area contributed by atoms with Crippen LogP contribution in [0.25, 0.3) is 0 Å². The van der Waals surface area contributed by atoms with Crippen LogP contribution in [0.5, 0.6) is 0 Å². The van der Waals surface area contributed by atoms with Crippen molar-refractivity contribution in [3.05, 3.63) is 35.7 Å². The van der Waals surface area contributed by atoms with Gasteiger partial charge in [-0.25, -0.2) is 14.5 Å². The van der Waals surface area contributed by atoms with E-state index >= 15 is 0 Å². The van der Waals surface area contributed by atoms with Crippen molar-refractivity contribution in [3.63, 3.8) is 0 Å². The van der Waals surface area contributed by atoms with Crippen LogP contribution in [-0.4, -0.2) is 31.9 Å². The Kier molecular flexibility index (Phi) is 4.77. The van der Waals surface area contributed by atoms with Crippen LogP contribution in [0, 0.1) is 12.8 Å². The maximum Gasteiger partial charge on any atom is 0.355 e. The summed E-state index contributed by atoms with van der Waals surface area (Å²) in [5.41, 5.74) is 1.49. The van der Waals surface area contributed by atoms with Crippen molar-refractivity contribution in [3.8, 4) is 0 Å². The van der Waals surface area contributed by atoms with Crippen LogP contribution in [-0.2, 0) is 17.8 Å². The van der Waals surface area contributed by atoms with E-state index in [0.29, 0.717) is 24.8 Å². The average Bonchev–Trinajstić information content (AvgIpc) is 2.97. The van der Waals surface area contributed by atoms with Gasteiger partial charge in [-0.05, 0) is 31.4 Å². The molecule has 21 heavy (non-hydrogen) atoms. The van der Waals surface area contributed by atoms with Gasteiger partial charge in [-0.2, -0.15) is 5.10 Å². The first-order chi connectivity index (χ1) is 10.0. The maximum atomic E-state index is 12.1. The molecule has 0 unspecified atom stereocenters. The van der Waals surface area contributed by atoms with Gasteiger partial charge >= 0.3 is 5.97 Å². The summed E-state index contributed by atoms with van der Waals surface area (Å²) >= 11 is 0. The Hall–Kier alpha value is -2.11. The normalized spacial score (nSPS) is 11.1. The lowest BCUT2D eigenvalue weighted by atomic mass is 10.2. The SMILES string of the molecule is CCOC(=O)c1c(C)ccn1Cc1ncnn1CC(C)C. The highest BCUT2D eigenvalue weighted by Gasteiger charge is 2.17. The van der Waals surface area contributed by atoms with Crippen molar-refractivity contribution in [1.82, 2.24) is 19.3 Å². The Morgan fingerprint density at radius 2 is 2.19 bits per heavy atom. The summed E-state index contributed by atoms with van der Waals surface area (Å²) in [6, 6.07) is 1.91. The molecule has 2 rings (SSSR count). The van der Waals surface area contributed by atoms with Crippen molar-refractivity contribution in [2.45, 2.75) is 40.8 Å². The van der Waals surface area contributed by atoms with Gasteiger partial charge in [0.2, 0.25) is 0 Å². The van der Waals surface area contributed by atoms with Gasteiger partial charge in [-0.15, -0.1) is 0 Å². The van der Waals surface area contributed by atoms with Gasteiger partial charge in [-0.1, -0.05) is 13.8 Å². The first-order valence-electron chi connectivity index (χ1n) is 7.22. The summed E-state index contributed by atoms with van der Waals surface area (Å²) in [5, 5.41) is 4.25. The minimum atomic E-state index is -0.296. The van der Waals surface area contributed by atoms with Crippen molar-refractivity contribution >= 4 is 5.97 Å². The number of carbonyl (C=O) groups excluding carboxylic acids is 1. The second kappa shape index (κ2) is 6.56. The minimum Gasteiger partial charge on any atom is -0.461 e. The van der Waals surface area contributed by atoms with E-state index in [-0.39, 0.29) is 5.97 Å². The number of nitrogens with zero attached hydrogens (tertiary/aromatic N) is 4. The summed E-state index contributed by atoms with van der Waals surface area (Å²) in [7, 11) is 0. The Morgan fingerprint density at radius 1 is 1.43 bits per heavy atom. The molecule has 0 aliphatic carbocycles. The fraction of sp³-hybridized carbons (Fsp3) is 0.533. The monoisotopic (exact) mass is 290 g/mol. The van der Waals surface area contributed by atoms with Gasteiger partial charge in [0.05, 0.1) is 13.2 Å². The molecule has 6 nitrogen and oxygen atoms in total. The summed E-state index contributed by atoms with van der Waals surface area (Å²) < 4.78 is 8.87. The lowest BCUT2D eigenvalue weighted by molar-refractivity contribution is 0.0513. The first kappa shape index (κ1) is 15.3. The third-order valence-electron chi connectivity index (χ3n) is 3.18. The highest BCUT2D eigenvalue weighted by atomic mass is 16.5. The number of rotatable bonds is 6. The van der Waals surface area contributed by atoms with Gasteiger partial charge in [0, 0.05) is 12.7 Å². The Bertz CT molecular complexity index is 613. The predicted molar refractivity (Wildman–Crippen MR) is 79.1 cm³/mol. The molecule has 0 N–H and O–H groups in total. The van der Waals surface area contributed by atoms with Crippen LogP contribution in [0.1, 0.15) is 42.6 Å². The van der Waals surface area contributed by atoms with Gasteiger partial charge in [0.1, 0.15) is 17.8 Å². The van der Waals surface area contributed by atoms with Gasteiger partial charge < -0.3 is 9.30 Å². The Morgan fingerprint density at radius 3 is 2.86 bits per heavy atom. The summed E-state index contributed by atoms with van der Waals surface area (Å²) in [4.78, 5) is 16.4. The van der Waals surface area contributed by atoms with Crippen molar-refractivity contribution in [2.24, 2.45) is 5.92 Å². The summed E-state index contributed by atoms with van der Waals surface area (Å²) in [5.74, 6) is 1.03. The molecule has 0 aromatic carbocycles. The molecule has 0 fully saturated rings. The van der Waals surface area contributed by atoms with Crippen molar-refractivity contribution < 1.29 is 9.53 Å². The lowest BCUT2D eigenvalue weighted by Gasteiger charge is -2.11. The fourth-order valence-corrected chi connectivity index (χ4v) is 2.25. The molecule has 0 amide bonds. The molecule has 0 aliphatic heterocycles. The highest BCUT2D eigenvalue weighted by molar-refractivity contribution is 5.89. The van der Waals surface area contributed by atoms with E-state index in [1.165, 1.54) is 0 Å². The van der Waals surface area contributed by atoms with Crippen molar-refractivity contribution in [1.29, 1.82) is 0 Å². The third kappa shape index (κ3) is 3.51. The van der Waals surface area contributed by atoms with E-state index in [4.69, 9.17) is 4.74 Å². The lowest BCUT2D eigenvalue weighted by Crippen LogP contribution is -2.17. The molecule has 2 aromatic rings. The van der Waals surface area contributed by atoms with Crippen LogP contribution < -0.4 is 0 Å². The van der Waals surface area contributed by atoms with Crippen LogP contribution in [0.3, 0.4) is 0 Å². The van der Waals surface area contributed by atoms with E-state index in [2.05, 4.69) is 23.9 Å². The molecule has 2 aromatic heterocycles. The summed E-state index contributed by atoms with van der Waals surface area (Å²) in [6.45, 7) is 9.66. The minimum absolute atomic E-state index is 0.296. The van der Waals surface area contributed by atoms with E-state index < -0.39 is 0 Å². The number of aryl methyl sites for hydroxylation is 1. The molecule has 0 saturated heterocycles. The number of aromatic nitrogens is 4. The van der Waals surface area contributed by atoms with Crippen LogP contribution in [0.2, 0.25) is 0 Å². The largest absolute Gasteiger partial charge is 0.461 e. The summed E-state index contributed by atoms with van der Waals surface area (Å²) in [6.07, 6.45) is 3.44. The van der Waals surface area contributed by atoms with Crippen LogP contribution >= 0.6 is 0 Å². The van der Waals surface area contributed by atoms with Crippen LogP contribution in [0.15, 0.2) is 18.6 Å². The highest BCUT2D eigenvalue weighted by Crippen LogP contribution is 2.14. The number of hydrogen-bond acceptors (Lipinski definition) is 4. The maximum absolute atomic E-state index is 12.1. The fourth-order valence-electron chi connectivity index (χ4n) is 2.25. The second-order valence-electron chi connectivity index (χ2n) is 5.45. The second-order valence-corrected chi connectivity index (χ2v) is 5.45. The molecular weight excluding hydrogens is 268 g/mol. The predicted octanol–water partition coefficient (Wildman–Crippen LogP) is 2.27. The van der Waals surface area contributed by atoms with E-state index in [1.807, 2.05) is 28.4 Å². The van der Waals surface area contributed by atoms with Gasteiger partial charge in [0.25, 0.3) is 0 Å².